The zero-order chi connectivity index (χ0) is 21.6. The molecule has 1 saturated heterocycles. The van der Waals surface area contributed by atoms with Crippen LogP contribution < -0.4 is 9.64 Å². The summed E-state index contributed by atoms with van der Waals surface area (Å²) in [5, 5.41) is 1.05. The van der Waals surface area contributed by atoms with Crippen molar-refractivity contribution in [2.75, 3.05) is 43.9 Å². The zero-order valence-electron chi connectivity index (χ0n) is 18.2. The first-order chi connectivity index (χ1) is 15.2. The molecule has 0 atom stereocenters. The molecule has 1 amide bonds. The molecule has 4 rings (SSSR count). The Balaban J connectivity index is 1.34. The molecule has 1 aliphatic heterocycles. The Morgan fingerprint density at radius 3 is 2.58 bits per heavy atom. The van der Waals surface area contributed by atoms with Crippen LogP contribution in [0.15, 0.2) is 47.4 Å². The van der Waals surface area contributed by atoms with Gasteiger partial charge in [-0.2, -0.15) is 0 Å². The summed E-state index contributed by atoms with van der Waals surface area (Å²) in [6, 6.07) is 13.9. The summed E-state index contributed by atoms with van der Waals surface area (Å²) in [6.07, 6.45) is 5.51. The minimum Gasteiger partial charge on any atom is -0.494 e. The second kappa shape index (κ2) is 10.4. The van der Waals surface area contributed by atoms with E-state index in [0.717, 1.165) is 48.1 Å². The molecule has 0 N–H and O–H groups in total. The number of hydrogen-bond acceptors (Lipinski definition) is 6. The highest BCUT2D eigenvalue weighted by Crippen LogP contribution is 2.34. The van der Waals surface area contributed by atoms with Gasteiger partial charge in [0, 0.05) is 36.6 Å². The molecule has 5 nitrogen and oxygen atoms in total. The number of benzene rings is 2. The van der Waals surface area contributed by atoms with Gasteiger partial charge in [0.1, 0.15) is 5.75 Å². The van der Waals surface area contributed by atoms with Crippen molar-refractivity contribution < 1.29 is 9.53 Å². The van der Waals surface area contributed by atoms with E-state index >= 15 is 0 Å². The quantitative estimate of drug-likeness (QED) is 0.329. The predicted octanol–water partition coefficient (Wildman–Crippen LogP) is 5.55. The Hall–Kier alpha value is -2.25. The van der Waals surface area contributed by atoms with Gasteiger partial charge >= 0.3 is 0 Å². The van der Waals surface area contributed by atoms with Gasteiger partial charge in [0.2, 0.25) is 0 Å². The lowest BCUT2D eigenvalue weighted by Gasteiger charge is -2.34. The van der Waals surface area contributed by atoms with Crippen molar-refractivity contribution in [3.63, 3.8) is 0 Å². The number of thiazole rings is 1. The van der Waals surface area contributed by atoms with E-state index < -0.39 is 0 Å². The van der Waals surface area contributed by atoms with E-state index in [2.05, 4.69) is 36.3 Å². The Kier molecular flexibility index (Phi) is 7.35. The maximum Gasteiger partial charge on any atom is 0.253 e. The van der Waals surface area contributed by atoms with Crippen LogP contribution in [0, 0.1) is 0 Å². The number of carbonyl (C=O) groups excluding carboxylic acids is 1. The minimum atomic E-state index is 0.0890. The van der Waals surface area contributed by atoms with Gasteiger partial charge in [0.15, 0.2) is 5.13 Å². The van der Waals surface area contributed by atoms with Crippen molar-refractivity contribution in [2.24, 2.45) is 0 Å². The molecule has 0 unspecified atom stereocenters. The van der Waals surface area contributed by atoms with Gasteiger partial charge in [-0.1, -0.05) is 37.2 Å². The average molecular weight is 456 g/mol. The number of para-hydroxylation sites is 1. The first kappa shape index (κ1) is 22.0. The molecule has 0 bridgehead atoms. The van der Waals surface area contributed by atoms with Crippen molar-refractivity contribution in [2.45, 2.75) is 31.1 Å². The third-order valence-electron chi connectivity index (χ3n) is 5.55. The molecule has 0 saturated carbocycles. The van der Waals surface area contributed by atoms with Crippen LogP contribution in [0.5, 0.6) is 5.75 Å². The Morgan fingerprint density at radius 1 is 1.10 bits per heavy atom. The number of ether oxygens (including phenoxy) is 1. The zero-order valence-corrected chi connectivity index (χ0v) is 19.8. The molecule has 2 aromatic carbocycles. The fraction of sp³-hybridized carbons (Fsp3) is 0.417. The Morgan fingerprint density at radius 2 is 1.87 bits per heavy atom. The van der Waals surface area contributed by atoms with E-state index in [1.807, 2.05) is 29.2 Å². The Bertz CT molecular complexity index is 1010. The molecule has 7 heteroatoms. The predicted molar refractivity (Wildman–Crippen MR) is 131 cm³/mol. The Labute approximate surface area is 192 Å². The van der Waals surface area contributed by atoms with E-state index in [1.165, 1.54) is 22.4 Å². The molecule has 164 valence electrons. The number of rotatable bonds is 8. The smallest absolute Gasteiger partial charge is 0.253 e. The fourth-order valence-corrected chi connectivity index (χ4v) is 5.40. The van der Waals surface area contributed by atoms with E-state index in [9.17, 15) is 4.79 Å². The van der Waals surface area contributed by atoms with Gasteiger partial charge in [-0.25, -0.2) is 4.98 Å². The maximum absolute atomic E-state index is 12.9. The number of thioether (sulfide) groups is 1. The summed E-state index contributed by atoms with van der Waals surface area (Å²) < 4.78 is 6.97. The van der Waals surface area contributed by atoms with Gasteiger partial charge in [-0.15, -0.1) is 11.8 Å². The van der Waals surface area contributed by atoms with E-state index in [0.29, 0.717) is 13.1 Å². The van der Waals surface area contributed by atoms with Gasteiger partial charge in [-0.05, 0) is 49.1 Å². The number of hydrogen-bond donors (Lipinski definition) is 0. The highest BCUT2D eigenvalue weighted by Gasteiger charge is 2.24. The standard InChI is InChI=1S/C24H29N3O2S2/c1-3-4-5-17-29-19-11-9-18(10-12-19)23(28)26-13-15-27(16-14-26)24-25-22-20(30-2)7-6-8-21(22)31-24/h6-12H,3-5,13-17H2,1-2H3. The van der Waals surface area contributed by atoms with E-state index in [-0.39, 0.29) is 5.91 Å². The third-order valence-corrected chi connectivity index (χ3v) is 7.40. The molecule has 1 aliphatic rings. The van der Waals surface area contributed by atoms with Gasteiger partial charge in [0.05, 0.1) is 16.8 Å². The molecule has 31 heavy (non-hydrogen) atoms. The maximum atomic E-state index is 12.9. The van der Waals surface area contributed by atoms with Crippen molar-refractivity contribution >= 4 is 44.4 Å². The van der Waals surface area contributed by atoms with Crippen LogP contribution in [0.25, 0.3) is 10.2 Å². The largest absolute Gasteiger partial charge is 0.494 e. The van der Waals surface area contributed by atoms with E-state index in [4.69, 9.17) is 9.72 Å². The van der Waals surface area contributed by atoms with Crippen LogP contribution in [0.3, 0.4) is 0 Å². The van der Waals surface area contributed by atoms with Gasteiger partial charge < -0.3 is 14.5 Å². The molecule has 3 aromatic rings. The van der Waals surface area contributed by atoms with Crippen molar-refractivity contribution in [3.8, 4) is 5.75 Å². The van der Waals surface area contributed by atoms with Gasteiger partial charge in [0.25, 0.3) is 5.91 Å². The van der Waals surface area contributed by atoms with Crippen molar-refractivity contribution in [1.29, 1.82) is 0 Å². The molecule has 0 radical (unpaired) electrons. The normalized spacial score (nSPS) is 14.3. The molecule has 0 spiro atoms. The highest BCUT2D eigenvalue weighted by molar-refractivity contribution is 7.98. The van der Waals surface area contributed by atoms with Crippen LogP contribution in [0.1, 0.15) is 36.5 Å². The summed E-state index contributed by atoms with van der Waals surface area (Å²) >= 11 is 3.47. The number of amides is 1. The second-order valence-electron chi connectivity index (χ2n) is 7.66. The lowest BCUT2D eigenvalue weighted by molar-refractivity contribution is 0.0746. The number of fused-ring (bicyclic) bond motifs is 1. The third kappa shape index (κ3) is 5.15. The molecule has 1 fully saturated rings. The highest BCUT2D eigenvalue weighted by atomic mass is 32.2. The lowest BCUT2D eigenvalue weighted by Crippen LogP contribution is -2.48. The van der Waals surface area contributed by atoms with Gasteiger partial charge in [-0.3, -0.25) is 4.79 Å². The van der Waals surface area contributed by atoms with Crippen molar-refractivity contribution in [1.82, 2.24) is 9.88 Å². The molecular formula is C24H29N3O2S2. The monoisotopic (exact) mass is 455 g/mol. The van der Waals surface area contributed by atoms with Crippen LogP contribution in [-0.2, 0) is 0 Å². The number of unbranched alkanes of at least 4 members (excludes halogenated alkanes) is 2. The number of piperazine rings is 1. The lowest BCUT2D eigenvalue weighted by atomic mass is 10.1. The topological polar surface area (TPSA) is 45.7 Å². The molecule has 0 aliphatic carbocycles. The molecular weight excluding hydrogens is 426 g/mol. The minimum absolute atomic E-state index is 0.0890. The van der Waals surface area contributed by atoms with Crippen LogP contribution in [0.2, 0.25) is 0 Å². The molecule has 1 aromatic heterocycles. The first-order valence-electron chi connectivity index (χ1n) is 10.9. The van der Waals surface area contributed by atoms with Crippen LogP contribution >= 0.6 is 23.1 Å². The summed E-state index contributed by atoms with van der Waals surface area (Å²) in [6.45, 7) is 5.93. The number of nitrogens with zero attached hydrogens (tertiary/aromatic N) is 3. The number of anilines is 1. The summed E-state index contributed by atoms with van der Waals surface area (Å²) in [4.78, 5) is 23.3. The fourth-order valence-electron chi connectivity index (χ4n) is 3.73. The van der Waals surface area contributed by atoms with Crippen molar-refractivity contribution in [3.05, 3.63) is 48.0 Å². The number of carbonyl (C=O) groups is 1. The van der Waals surface area contributed by atoms with Crippen LogP contribution in [0.4, 0.5) is 5.13 Å². The summed E-state index contributed by atoms with van der Waals surface area (Å²) in [5.74, 6) is 0.920. The SMILES string of the molecule is CCCCCOc1ccc(C(=O)N2CCN(c3nc4c(SC)cccc4s3)CC2)cc1. The van der Waals surface area contributed by atoms with Crippen LogP contribution in [-0.4, -0.2) is 54.8 Å². The second-order valence-corrected chi connectivity index (χ2v) is 9.52. The number of aromatic nitrogens is 1. The first-order valence-corrected chi connectivity index (χ1v) is 12.9. The average Bonchev–Trinajstić information content (AvgIpc) is 3.26. The summed E-state index contributed by atoms with van der Waals surface area (Å²) in [5.41, 5.74) is 1.81. The summed E-state index contributed by atoms with van der Waals surface area (Å²) in [7, 11) is 0. The molecule has 2 heterocycles. The van der Waals surface area contributed by atoms with E-state index in [1.54, 1.807) is 23.1 Å².